The monoisotopic (exact) mass is 534 g/mol. The number of carbonyl (C=O) groups is 2. The van der Waals surface area contributed by atoms with E-state index in [2.05, 4.69) is 32.8 Å². The van der Waals surface area contributed by atoms with Gasteiger partial charge in [0.2, 0.25) is 11.8 Å². The van der Waals surface area contributed by atoms with Gasteiger partial charge in [0.1, 0.15) is 12.4 Å². The molecular formula is C19H25F2IN6O2. The fourth-order valence-corrected chi connectivity index (χ4v) is 4.61. The number of likely N-dealkylation sites (tertiary alicyclic amines) is 1. The van der Waals surface area contributed by atoms with E-state index in [1.165, 1.54) is 17.3 Å². The van der Waals surface area contributed by atoms with E-state index < -0.39 is 6.55 Å². The molecule has 8 nitrogen and oxygen atoms in total. The molecule has 0 aromatic carbocycles. The topological polar surface area (TPSA) is 91.6 Å². The first-order chi connectivity index (χ1) is 14.0. The summed E-state index contributed by atoms with van der Waals surface area (Å²) < 4.78 is 26.6. The molecule has 4 atom stereocenters. The van der Waals surface area contributed by atoms with Crippen LogP contribution in [-0.2, 0) is 16.1 Å². The normalized spacial score (nSPS) is 27.1. The molecule has 0 radical (unpaired) electrons. The van der Waals surface area contributed by atoms with Crippen LogP contribution in [0.3, 0.4) is 0 Å². The van der Waals surface area contributed by atoms with Crippen LogP contribution in [0.15, 0.2) is 29.5 Å². The number of fused-ring (bicyclic) bond motifs is 5. The molecule has 1 saturated carbocycles. The Hall–Kier alpha value is -2.05. The summed E-state index contributed by atoms with van der Waals surface area (Å²) in [4.78, 5) is 34.9. The van der Waals surface area contributed by atoms with Gasteiger partial charge in [0.05, 0.1) is 11.8 Å². The predicted octanol–water partition coefficient (Wildman–Crippen LogP) is 1.76. The summed E-state index contributed by atoms with van der Waals surface area (Å²) in [5.74, 6) is 0.378. The van der Waals surface area contributed by atoms with E-state index in [9.17, 15) is 18.4 Å². The first kappa shape index (κ1) is 22.6. The van der Waals surface area contributed by atoms with Gasteiger partial charge >= 0.3 is 6.55 Å². The second-order valence-corrected chi connectivity index (χ2v) is 7.48. The Labute approximate surface area is 190 Å². The third-order valence-corrected chi connectivity index (χ3v) is 5.87. The molecule has 2 fully saturated rings. The second-order valence-electron chi connectivity index (χ2n) is 7.48. The predicted molar refractivity (Wildman–Crippen MR) is 116 cm³/mol. The zero-order valence-corrected chi connectivity index (χ0v) is 18.8. The Bertz CT molecular complexity index is 828. The number of carbonyl (C=O) groups excluding carboxylic acids is 2. The summed E-state index contributed by atoms with van der Waals surface area (Å²) in [5.41, 5.74) is 0. The summed E-state index contributed by atoms with van der Waals surface area (Å²) in [6, 6.07) is 0. The van der Waals surface area contributed by atoms with Crippen molar-refractivity contribution in [2.75, 3.05) is 19.6 Å². The summed E-state index contributed by atoms with van der Waals surface area (Å²) in [6.07, 6.45) is 7.56. The van der Waals surface area contributed by atoms with E-state index >= 15 is 0 Å². The van der Waals surface area contributed by atoms with Gasteiger partial charge in [-0.3, -0.25) is 19.1 Å². The third-order valence-electron chi connectivity index (χ3n) is 5.87. The lowest BCUT2D eigenvalue weighted by Gasteiger charge is -2.18. The fraction of sp³-hybridized carbons (Fsp3) is 0.579. The molecular weight excluding hydrogens is 509 g/mol. The highest BCUT2D eigenvalue weighted by atomic mass is 127. The van der Waals surface area contributed by atoms with Gasteiger partial charge in [-0.15, -0.1) is 24.0 Å². The highest BCUT2D eigenvalue weighted by Gasteiger charge is 2.58. The number of imide groups is 1. The highest BCUT2D eigenvalue weighted by Crippen LogP contribution is 2.52. The molecule has 30 heavy (non-hydrogen) atoms. The number of amides is 2. The van der Waals surface area contributed by atoms with Crippen molar-refractivity contribution in [3.63, 3.8) is 0 Å². The number of alkyl halides is 2. The number of aromatic nitrogens is 2. The zero-order chi connectivity index (χ0) is 20.5. The van der Waals surface area contributed by atoms with E-state index in [-0.39, 0.29) is 78.4 Å². The van der Waals surface area contributed by atoms with Crippen LogP contribution in [0.1, 0.15) is 25.7 Å². The molecule has 1 aliphatic heterocycles. The SMILES string of the molecule is CCNC(=NCc1nccn1C(F)F)NCCN1C(=O)C2C3C=CC(C3)C2C1=O.I. The van der Waals surface area contributed by atoms with Crippen LogP contribution in [0, 0.1) is 23.7 Å². The minimum absolute atomic E-state index is 0. The number of hydrogen-bond acceptors (Lipinski definition) is 4. The molecule has 1 aromatic heterocycles. The number of hydrogen-bond donors (Lipinski definition) is 2. The summed E-state index contributed by atoms with van der Waals surface area (Å²) in [5, 5.41) is 6.08. The van der Waals surface area contributed by atoms with Crippen LogP contribution in [0.5, 0.6) is 0 Å². The van der Waals surface area contributed by atoms with Crippen LogP contribution in [-0.4, -0.2) is 51.9 Å². The Morgan fingerprint density at radius 1 is 1.23 bits per heavy atom. The molecule has 0 spiro atoms. The summed E-state index contributed by atoms with van der Waals surface area (Å²) in [7, 11) is 0. The summed E-state index contributed by atoms with van der Waals surface area (Å²) in [6.45, 7) is 0.349. The number of nitrogens with zero attached hydrogens (tertiary/aromatic N) is 4. The van der Waals surface area contributed by atoms with E-state index in [0.717, 1.165) is 11.0 Å². The number of guanidine groups is 1. The van der Waals surface area contributed by atoms with Gasteiger partial charge in [0, 0.05) is 32.0 Å². The molecule has 1 aromatic rings. The molecule has 164 valence electrons. The first-order valence-corrected chi connectivity index (χ1v) is 9.86. The van der Waals surface area contributed by atoms with Crippen molar-refractivity contribution in [3.05, 3.63) is 30.4 Å². The van der Waals surface area contributed by atoms with E-state index in [4.69, 9.17) is 0 Å². The van der Waals surface area contributed by atoms with Gasteiger partial charge in [0.25, 0.3) is 0 Å². The van der Waals surface area contributed by atoms with Gasteiger partial charge in [-0.2, -0.15) is 8.78 Å². The number of nitrogens with one attached hydrogen (secondary N) is 2. The Kier molecular flexibility index (Phi) is 7.09. The minimum Gasteiger partial charge on any atom is -0.357 e. The average molecular weight is 534 g/mol. The number of aliphatic imine (C=N–C) groups is 1. The molecule has 11 heteroatoms. The number of rotatable bonds is 7. The molecule has 4 rings (SSSR count). The van der Waals surface area contributed by atoms with E-state index in [0.29, 0.717) is 19.0 Å². The van der Waals surface area contributed by atoms with E-state index in [1.807, 2.05) is 6.92 Å². The molecule has 2 heterocycles. The lowest BCUT2D eigenvalue weighted by atomic mass is 9.85. The number of imidazole rings is 1. The van der Waals surface area contributed by atoms with Crippen molar-refractivity contribution in [2.45, 2.75) is 26.4 Å². The van der Waals surface area contributed by atoms with Gasteiger partial charge in [-0.1, -0.05) is 12.2 Å². The van der Waals surface area contributed by atoms with Gasteiger partial charge < -0.3 is 10.6 Å². The average Bonchev–Trinajstić information content (AvgIpc) is 3.46. The van der Waals surface area contributed by atoms with Gasteiger partial charge in [0.15, 0.2) is 5.96 Å². The molecule has 3 aliphatic rings. The lowest BCUT2D eigenvalue weighted by Crippen LogP contribution is -2.43. The highest BCUT2D eigenvalue weighted by molar-refractivity contribution is 14.0. The zero-order valence-electron chi connectivity index (χ0n) is 16.5. The van der Waals surface area contributed by atoms with Gasteiger partial charge in [-0.25, -0.2) is 9.98 Å². The van der Waals surface area contributed by atoms with Crippen molar-refractivity contribution in [1.29, 1.82) is 0 Å². The Morgan fingerprint density at radius 2 is 1.90 bits per heavy atom. The maximum Gasteiger partial charge on any atom is 0.319 e. The van der Waals surface area contributed by atoms with Gasteiger partial charge in [-0.05, 0) is 25.2 Å². The summed E-state index contributed by atoms with van der Waals surface area (Å²) >= 11 is 0. The van der Waals surface area contributed by atoms with E-state index in [1.54, 1.807) is 0 Å². The van der Waals surface area contributed by atoms with Crippen LogP contribution in [0.4, 0.5) is 8.78 Å². The molecule has 2 aliphatic carbocycles. The maximum atomic E-state index is 12.9. The van der Waals surface area contributed by atoms with Crippen molar-refractivity contribution in [1.82, 2.24) is 25.1 Å². The lowest BCUT2D eigenvalue weighted by molar-refractivity contribution is -0.140. The third kappa shape index (κ3) is 4.08. The Morgan fingerprint density at radius 3 is 2.50 bits per heavy atom. The Balaban J connectivity index is 0.00000256. The minimum atomic E-state index is -2.67. The van der Waals surface area contributed by atoms with Crippen molar-refractivity contribution >= 4 is 41.8 Å². The van der Waals surface area contributed by atoms with Crippen LogP contribution in [0.2, 0.25) is 0 Å². The smallest absolute Gasteiger partial charge is 0.319 e. The molecule has 2 N–H and O–H groups in total. The van der Waals surface area contributed by atoms with Crippen LogP contribution >= 0.6 is 24.0 Å². The number of halogens is 3. The van der Waals surface area contributed by atoms with Crippen LogP contribution < -0.4 is 10.6 Å². The molecule has 4 unspecified atom stereocenters. The van der Waals surface area contributed by atoms with Crippen molar-refractivity contribution in [2.24, 2.45) is 28.7 Å². The largest absolute Gasteiger partial charge is 0.357 e. The van der Waals surface area contributed by atoms with Crippen molar-refractivity contribution in [3.8, 4) is 0 Å². The molecule has 2 amide bonds. The second kappa shape index (κ2) is 9.40. The fourth-order valence-electron chi connectivity index (χ4n) is 4.61. The molecule has 2 bridgehead atoms. The quantitative estimate of drug-likeness (QED) is 0.183. The van der Waals surface area contributed by atoms with Crippen LogP contribution in [0.25, 0.3) is 0 Å². The standard InChI is InChI=1S/C19H24F2N6O2.HI/c1-2-22-19(25-10-13-23-5-7-26(13)18(20)21)24-6-8-27-16(28)14-11-3-4-12(9-11)15(14)17(27)29;/h3-5,7,11-12,14-15,18H,2,6,8-10H2,1H3,(H2,22,24,25);1H. The molecule has 1 saturated heterocycles. The first-order valence-electron chi connectivity index (χ1n) is 9.86. The maximum absolute atomic E-state index is 12.9. The van der Waals surface area contributed by atoms with Crippen molar-refractivity contribution < 1.29 is 18.4 Å². The number of allylic oxidation sites excluding steroid dienone is 2.